The Morgan fingerprint density at radius 3 is 2.78 bits per heavy atom. The van der Waals surface area contributed by atoms with E-state index in [-0.39, 0.29) is 12.0 Å². The lowest BCUT2D eigenvalue weighted by molar-refractivity contribution is -0.140. The number of aromatic nitrogens is 2. The van der Waals surface area contributed by atoms with Gasteiger partial charge in [-0.25, -0.2) is 4.98 Å². The molecule has 1 aromatic carbocycles. The monoisotopic (exact) mass is 345 g/mol. The molecule has 5 nitrogen and oxygen atoms in total. The molecule has 122 valence electrons. The van der Waals surface area contributed by atoms with E-state index >= 15 is 0 Å². The van der Waals surface area contributed by atoms with Crippen LogP contribution in [0.5, 0.6) is 0 Å². The van der Waals surface area contributed by atoms with E-state index in [4.69, 9.17) is 11.6 Å². The number of fused-ring (bicyclic) bond motifs is 1. The predicted octanol–water partition coefficient (Wildman–Crippen LogP) is 2.77. The molecule has 0 unspecified atom stereocenters. The van der Waals surface area contributed by atoms with Crippen molar-refractivity contribution in [3.05, 3.63) is 52.1 Å². The number of hydrogen-bond acceptors (Lipinski definition) is 3. The summed E-state index contributed by atoms with van der Waals surface area (Å²) >= 11 is 5.62. The number of halogens is 4. The van der Waals surface area contributed by atoms with E-state index < -0.39 is 34.8 Å². The molecule has 0 saturated carbocycles. The molecule has 3 rings (SSSR count). The standard InChI is InChI=1S/C14H11ClF3N3O2/c15-8-2-1-6(3-7(8)14(16,17)18)11-12-9(19-5-20-12)4-10(21-11)13(22)23/h1-3,5,10-11,21H,4H2,(H,19,20)(H,22,23)/t10-,11+/m0/s1. The molecular weight excluding hydrogens is 335 g/mol. The fraction of sp³-hybridized carbons (Fsp3) is 0.286. The summed E-state index contributed by atoms with van der Waals surface area (Å²) in [5.41, 5.74) is 0.358. The quantitative estimate of drug-likeness (QED) is 0.782. The number of imidazole rings is 1. The number of nitrogens with zero attached hydrogens (tertiary/aromatic N) is 1. The number of aliphatic carboxylic acids is 1. The molecule has 2 aromatic rings. The van der Waals surface area contributed by atoms with Crippen molar-refractivity contribution in [2.24, 2.45) is 0 Å². The SMILES string of the molecule is O=C(O)[C@@H]1Cc2[nH]cnc2[C@@H](c2ccc(Cl)c(C(F)(F)F)c2)N1. The van der Waals surface area contributed by atoms with Crippen LogP contribution in [0.4, 0.5) is 13.2 Å². The lowest BCUT2D eigenvalue weighted by Crippen LogP contribution is -2.45. The van der Waals surface area contributed by atoms with E-state index in [1.807, 2.05) is 0 Å². The van der Waals surface area contributed by atoms with E-state index in [1.165, 1.54) is 12.4 Å². The fourth-order valence-electron chi connectivity index (χ4n) is 2.64. The molecule has 0 saturated heterocycles. The van der Waals surface area contributed by atoms with E-state index in [0.29, 0.717) is 11.4 Å². The molecule has 0 radical (unpaired) electrons. The van der Waals surface area contributed by atoms with Crippen LogP contribution in [0.2, 0.25) is 5.02 Å². The highest BCUT2D eigenvalue weighted by Gasteiger charge is 2.37. The molecule has 23 heavy (non-hydrogen) atoms. The zero-order valence-corrected chi connectivity index (χ0v) is 12.2. The number of rotatable bonds is 2. The number of carbonyl (C=O) groups is 1. The average Bonchev–Trinajstić information content (AvgIpc) is 2.93. The minimum absolute atomic E-state index is 0.181. The van der Waals surface area contributed by atoms with Crippen molar-refractivity contribution < 1.29 is 23.1 Å². The van der Waals surface area contributed by atoms with Crippen LogP contribution in [0.25, 0.3) is 0 Å². The fourth-order valence-corrected chi connectivity index (χ4v) is 2.86. The first-order valence-electron chi connectivity index (χ1n) is 6.65. The summed E-state index contributed by atoms with van der Waals surface area (Å²) in [5, 5.41) is 11.6. The Bertz CT molecular complexity index is 760. The third-order valence-corrected chi connectivity index (χ3v) is 4.06. The maximum absolute atomic E-state index is 13.0. The largest absolute Gasteiger partial charge is 0.480 e. The summed E-state index contributed by atoms with van der Waals surface area (Å²) in [5.74, 6) is -1.08. The molecule has 1 aliphatic heterocycles. The molecule has 0 aliphatic carbocycles. The summed E-state index contributed by atoms with van der Waals surface area (Å²) < 4.78 is 39.0. The Morgan fingerprint density at radius 2 is 2.13 bits per heavy atom. The summed E-state index contributed by atoms with van der Waals surface area (Å²) in [6.07, 6.45) is -3.02. The van der Waals surface area contributed by atoms with Gasteiger partial charge in [0.1, 0.15) is 6.04 Å². The van der Waals surface area contributed by atoms with Crippen LogP contribution < -0.4 is 5.32 Å². The Labute approximate surface area is 133 Å². The number of carboxylic acid groups (broad SMARTS) is 1. The molecule has 0 fully saturated rings. The van der Waals surface area contributed by atoms with Crippen molar-refractivity contribution in [1.29, 1.82) is 0 Å². The van der Waals surface area contributed by atoms with Crippen molar-refractivity contribution in [2.45, 2.75) is 24.7 Å². The molecular formula is C14H11ClF3N3O2. The number of nitrogens with one attached hydrogen (secondary N) is 2. The lowest BCUT2D eigenvalue weighted by Gasteiger charge is -2.28. The zero-order chi connectivity index (χ0) is 16.8. The summed E-state index contributed by atoms with van der Waals surface area (Å²) in [7, 11) is 0. The third-order valence-electron chi connectivity index (χ3n) is 3.73. The van der Waals surface area contributed by atoms with Crippen molar-refractivity contribution in [2.75, 3.05) is 0 Å². The second kappa shape index (κ2) is 5.54. The van der Waals surface area contributed by atoms with Crippen LogP contribution in [0.15, 0.2) is 24.5 Å². The van der Waals surface area contributed by atoms with E-state index in [9.17, 15) is 23.1 Å². The van der Waals surface area contributed by atoms with E-state index in [2.05, 4.69) is 15.3 Å². The summed E-state index contributed by atoms with van der Waals surface area (Å²) in [6, 6.07) is 1.82. The van der Waals surface area contributed by atoms with Crippen molar-refractivity contribution >= 4 is 17.6 Å². The molecule has 0 spiro atoms. The van der Waals surface area contributed by atoms with Gasteiger partial charge < -0.3 is 10.1 Å². The number of benzene rings is 1. The van der Waals surface area contributed by atoms with Gasteiger partial charge in [-0.3, -0.25) is 10.1 Å². The Morgan fingerprint density at radius 1 is 1.39 bits per heavy atom. The van der Waals surface area contributed by atoms with Gasteiger partial charge in [0.25, 0.3) is 0 Å². The Balaban J connectivity index is 2.06. The first-order chi connectivity index (χ1) is 10.8. The minimum Gasteiger partial charge on any atom is -0.480 e. The van der Waals surface area contributed by atoms with Crippen LogP contribution >= 0.6 is 11.6 Å². The number of carboxylic acids is 1. The maximum Gasteiger partial charge on any atom is 0.417 e. The predicted molar refractivity (Wildman–Crippen MR) is 75.1 cm³/mol. The molecule has 1 aromatic heterocycles. The molecule has 1 aliphatic rings. The Kier molecular flexibility index (Phi) is 3.81. The second-order valence-electron chi connectivity index (χ2n) is 5.20. The topological polar surface area (TPSA) is 78.0 Å². The second-order valence-corrected chi connectivity index (χ2v) is 5.61. The molecule has 9 heteroatoms. The molecule has 2 heterocycles. The molecule has 2 atom stereocenters. The zero-order valence-electron chi connectivity index (χ0n) is 11.5. The van der Waals surface area contributed by atoms with Gasteiger partial charge in [0, 0.05) is 12.1 Å². The third kappa shape index (κ3) is 2.91. The van der Waals surface area contributed by atoms with Gasteiger partial charge in [0.2, 0.25) is 0 Å². The van der Waals surface area contributed by atoms with Gasteiger partial charge in [-0.1, -0.05) is 17.7 Å². The van der Waals surface area contributed by atoms with Gasteiger partial charge in [-0.15, -0.1) is 0 Å². The molecule has 3 N–H and O–H groups in total. The van der Waals surface area contributed by atoms with E-state index in [1.54, 1.807) is 0 Å². The van der Waals surface area contributed by atoms with Crippen LogP contribution in [-0.2, 0) is 17.4 Å². The smallest absolute Gasteiger partial charge is 0.417 e. The van der Waals surface area contributed by atoms with Crippen LogP contribution in [0, 0.1) is 0 Å². The minimum atomic E-state index is -4.59. The first-order valence-corrected chi connectivity index (χ1v) is 7.03. The summed E-state index contributed by atoms with van der Waals surface area (Å²) in [4.78, 5) is 18.2. The van der Waals surface area contributed by atoms with Crippen molar-refractivity contribution in [3.8, 4) is 0 Å². The van der Waals surface area contributed by atoms with Gasteiger partial charge in [0.05, 0.1) is 28.6 Å². The van der Waals surface area contributed by atoms with Crippen molar-refractivity contribution in [3.63, 3.8) is 0 Å². The van der Waals surface area contributed by atoms with E-state index in [0.717, 1.165) is 12.1 Å². The van der Waals surface area contributed by atoms with Crippen molar-refractivity contribution in [1.82, 2.24) is 15.3 Å². The highest BCUT2D eigenvalue weighted by molar-refractivity contribution is 6.31. The average molecular weight is 346 g/mol. The van der Waals surface area contributed by atoms with Gasteiger partial charge in [-0.2, -0.15) is 13.2 Å². The molecule has 0 bridgehead atoms. The highest BCUT2D eigenvalue weighted by atomic mass is 35.5. The van der Waals surface area contributed by atoms with Crippen LogP contribution in [0.3, 0.4) is 0 Å². The number of hydrogen-bond donors (Lipinski definition) is 3. The van der Waals surface area contributed by atoms with Crippen LogP contribution in [0.1, 0.15) is 28.6 Å². The lowest BCUT2D eigenvalue weighted by atomic mass is 9.93. The summed E-state index contributed by atoms with van der Waals surface area (Å²) in [6.45, 7) is 0. The number of alkyl halides is 3. The van der Waals surface area contributed by atoms with Gasteiger partial charge in [-0.05, 0) is 17.7 Å². The number of H-pyrrole nitrogens is 1. The maximum atomic E-state index is 13.0. The normalized spacial score (nSPS) is 21.0. The van der Waals surface area contributed by atoms with Gasteiger partial charge in [0.15, 0.2) is 0 Å². The first kappa shape index (κ1) is 15.8. The van der Waals surface area contributed by atoms with Crippen LogP contribution in [-0.4, -0.2) is 27.1 Å². The highest BCUT2D eigenvalue weighted by Crippen LogP contribution is 2.38. The Hall–Kier alpha value is -2.06. The van der Waals surface area contributed by atoms with Gasteiger partial charge >= 0.3 is 12.1 Å². The molecule has 0 amide bonds. The number of aromatic amines is 1.